The highest BCUT2D eigenvalue weighted by Crippen LogP contribution is 2.30. The second-order valence-electron chi connectivity index (χ2n) is 6.91. The fourth-order valence-electron chi connectivity index (χ4n) is 3.04. The van der Waals surface area contributed by atoms with Crippen LogP contribution in [0, 0.1) is 12.7 Å². The Kier molecular flexibility index (Phi) is 6.56. The maximum absolute atomic E-state index is 14.4. The second kappa shape index (κ2) is 9.30. The first kappa shape index (κ1) is 21.2. The van der Waals surface area contributed by atoms with Crippen LogP contribution in [0.15, 0.2) is 42.9 Å². The van der Waals surface area contributed by atoms with Gasteiger partial charge < -0.3 is 15.4 Å². The van der Waals surface area contributed by atoms with Crippen LogP contribution in [0.5, 0.6) is 5.75 Å². The van der Waals surface area contributed by atoms with Gasteiger partial charge in [-0.3, -0.25) is 9.78 Å². The fraction of sp³-hybridized carbons (Fsp3) is 0.273. The topological polar surface area (TPSA) is 89.0 Å². The van der Waals surface area contributed by atoms with Crippen LogP contribution in [0.4, 0.5) is 10.2 Å². The predicted octanol–water partition coefficient (Wildman–Crippen LogP) is 3.57. The molecule has 0 spiro atoms. The number of amides is 1. The van der Waals surface area contributed by atoms with E-state index < -0.39 is 11.7 Å². The van der Waals surface area contributed by atoms with Crippen molar-refractivity contribution < 1.29 is 13.9 Å². The third kappa shape index (κ3) is 4.71. The van der Waals surface area contributed by atoms with Gasteiger partial charge in [-0.15, -0.1) is 0 Å². The van der Waals surface area contributed by atoms with E-state index in [1.807, 2.05) is 32.0 Å². The summed E-state index contributed by atoms with van der Waals surface area (Å²) in [5.41, 5.74) is 3.19. The molecule has 1 amide bonds. The Bertz CT molecular complexity index is 1040. The molecule has 8 heteroatoms. The minimum absolute atomic E-state index is 0.0505. The van der Waals surface area contributed by atoms with Gasteiger partial charge in [0.1, 0.15) is 23.7 Å². The van der Waals surface area contributed by atoms with Gasteiger partial charge in [-0.2, -0.15) is 0 Å². The number of aromatic nitrogens is 3. The number of rotatable bonds is 7. The molecule has 3 rings (SSSR count). The monoisotopic (exact) mass is 409 g/mol. The Balaban J connectivity index is 1.76. The Labute approximate surface area is 174 Å². The van der Waals surface area contributed by atoms with Gasteiger partial charge in [0.15, 0.2) is 0 Å². The van der Waals surface area contributed by atoms with Gasteiger partial charge in [-0.05, 0) is 31.2 Å². The summed E-state index contributed by atoms with van der Waals surface area (Å²) < 4.78 is 19.8. The minimum atomic E-state index is -0.590. The van der Waals surface area contributed by atoms with Crippen molar-refractivity contribution in [1.82, 2.24) is 20.3 Å². The van der Waals surface area contributed by atoms with E-state index in [0.29, 0.717) is 23.7 Å². The molecule has 7 nitrogen and oxygen atoms in total. The average molecular weight is 409 g/mol. The Hall–Kier alpha value is -3.55. The van der Waals surface area contributed by atoms with Gasteiger partial charge >= 0.3 is 0 Å². The van der Waals surface area contributed by atoms with E-state index in [0.717, 1.165) is 17.0 Å². The van der Waals surface area contributed by atoms with Crippen molar-refractivity contribution in [2.45, 2.75) is 19.8 Å². The number of pyridine rings is 1. The van der Waals surface area contributed by atoms with E-state index in [1.54, 1.807) is 6.20 Å². The second-order valence-corrected chi connectivity index (χ2v) is 6.91. The van der Waals surface area contributed by atoms with E-state index in [-0.39, 0.29) is 11.5 Å². The number of anilines is 1. The third-order valence-electron chi connectivity index (χ3n) is 4.79. The average Bonchev–Trinajstić information content (AvgIpc) is 2.77. The molecule has 0 saturated carbocycles. The first-order valence-electron chi connectivity index (χ1n) is 9.51. The van der Waals surface area contributed by atoms with Crippen LogP contribution in [0.1, 0.15) is 34.5 Å². The lowest BCUT2D eigenvalue weighted by Crippen LogP contribution is -2.20. The van der Waals surface area contributed by atoms with Gasteiger partial charge in [-0.1, -0.05) is 6.92 Å². The van der Waals surface area contributed by atoms with Crippen LogP contribution in [-0.2, 0) is 0 Å². The van der Waals surface area contributed by atoms with Crippen molar-refractivity contribution in [2.75, 3.05) is 26.0 Å². The highest BCUT2D eigenvalue weighted by molar-refractivity contribution is 5.94. The molecule has 0 bridgehead atoms. The minimum Gasteiger partial charge on any atom is -0.496 e. The summed E-state index contributed by atoms with van der Waals surface area (Å²) in [6, 6.07) is 8.49. The third-order valence-corrected chi connectivity index (χ3v) is 4.79. The van der Waals surface area contributed by atoms with Crippen LogP contribution in [-0.4, -0.2) is 41.6 Å². The zero-order valence-corrected chi connectivity index (χ0v) is 17.4. The maximum atomic E-state index is 14.4. The summed E-state index contributed by atoms with van der Waals surface area (Å²) >= 11 is 0. The number of carbonyl (C=O) groups excluding carboxylic acids is 1. The molecule has 0 fully saturated rings. The highest BCUT2D eigenvalue weighted by Gasteiger charge is 2.19. The quantitative estimate of drug-likeness (QED) is 0.620. The number of carbonyl (C=O) groups is 1. The molecule has 0 radical (unpaired) electrons. The molecular formula is C22H24FN5O2. The van der Waals surface area contributed by atoms with Gasteiger partial charge in [0, 0.05) is 48.6 Å². The number of nitrogens with one attached hydrogen (secondary N) is 2. The molecule has 1 unspecified atom stereocenters. The summed E-state index contributed by atoms with van der Waals surface area (Å²) in [4.78, 5) is 24.7. The number of aryl methyl sites for hydroxylation is 1. The number of benzene rings is 1. The molecule has 0 saturated heterocycles. The Morgan fingerprint density at radius 3 is 2.67 bits per heavy atom. The van der Waals surface area contributed by atoms with Crippen molar-refractivity contribution in [2.24, 2.45) is 0 Å². The lowest BCUT2D eigenvalue weighted by molar-refractivity contribution is 0.0958. The van der Waals surface area contributed by atoms with E-state index in [4.69, 9.17) is 4.74 Å². The van der Waals surface area contributed by atoms with Crippen LogP contribution in [0.25, 0.3) is 11.3 Å². The van der Waals surface area contributed by atoms with Gasteiger partial charge in [0.25, 0.3) is 5.91 Å². The number of methoxy groups -OCH3 is 1. The molecule has 0 aliphatic heterocycles. The van der Waals surface area contributed by atoms with Crippen LogP contribution < -0.4 is 15.4 Å². The first-order valence-corrected chi connectivity index (χ1v) is 9.51. The highest BCUT2D eigenvalue weighted by atomic mass is 19.1. The first-order chi connectivity index (χ1) is 14.4. The molecule has 2 aromatic heterocycles. The van der Waals surface area contributed by atoms with Crippen molar-refractivity contribution >= 4 is 11.7 Å². The molecule has 2 N–H and O–H groups in total. The largest absolute Gasteiger partial charge is 0.496 e. The number of hydrogen-bond donors (Lipinski definition) is 2. The van der Waals surface area contributed by atoms with E-state index in [2.05, 4.69) is 25.6 Å². The van der Waals surface area contributed by atoms with Crippen LogP contribution in [0.3, 0.4) is 0 Å². The van der Waals surface area contributed by atoms with Crippen molar-refractivity contribution in [3.05, 3.63) is 65.5 Å². The predicted molar refractivity (Wildman–Crippen MR) is 113 cm³/mol. The maximum Gasteiger partial charge on any atom is 0.254 e. The standard InChI is InChI=1S/C22H24FN5O2/c1-13(16-7-18(23)17(22(29)24-3)8-20(16)30-4)10-26-21-9-19(27-12-28-21)15-6-5-14(2)25-11-15/h5-9,11-13H,10H2,1-4H3,(H,24,29)(H,26,27,28). The number of nitrogens with zero attached hydrogens (tertiary/aromatic N) is 3. The molecule has 1 atom stereocenters. The van der Waals surface area contributed by atoms with Crippen molar-refractivity contribution in [1.29, 1.82) is 0 Å². The summed E-state index contributed by atoms with van der Waals surface area (Å²) in [5.74, 6) is -0.0877. The molecule has 0 aliphatic rings. The Morgan fingerprint density at radius 1 is 1.20 bits per heavy atom. The normalized spacial score (nSPS) is 11.6. The number of hydrogen-bond acceptors (Lipinski definition) is 6. The summed E-state index contributed by atoms with van der Waals surface area (Å²) in [7, 11) is 2.95. The van der Waals surface area contributed by atoms with Gasteiger partial charge in [-0.25, -0.2) is 14.4 Å². The fourth-order valence-corrected chi connectivity index (χ4v) is 3.04. The molecule has 2 heterocycles. The number of halogens is 1. The van der Waals surface area contributed by atoms with Crippen molar-refractivity contribution in [3.63, 3.8) is 0 Å². The van der Waals surface area contributed by atoms with E-state index in [9.17, 15) is 9.18 Å². The summed E-state index contributed by atoms with van der Waals surface area (Å²) in [6.07, 6.45) is 3.26. The SMILES string of the molecule is CNC(=O)c1cc(OC)c(C(C)CNc2cc(-c3ccc(C)nc3)ncn2)cc1F. The molecule has 3 aromatic rings. The molecule has 0 aliphatic carbocycles. The Morgan fingerprint density at radius 2 is 2.00 bits per heavy atom. The number of ether oxygens (including phenoxy) is 1. The molecular weight excluding hydrogens is 385 g/mol. The van der Waals surface area contributed by atoms with Gasteiger partial charge in [0.05, 0.1) is 18.4 Å². The zero-order valence-electron chi connectivity index (χ0n) is 17.4. The molecule has 30 heavy (non-hydrogen) atoms. The van der Waals surface area contributed by atoms with Crippen molar-refractivity contribution in [3.8, 4) is 17.0 Å². The molecule has 156 valence electrons. The van der Waals surface area contributed by atoms with E-state index in [1.165, 1.54) is 32.6 Å². The van der Waals surface area contributed by atoms with Crippen LogP contribution >= 0.6 is 0 Å². The van der Waals surface area contributed by atoms with E-state index >= 15 is 0 Å². The smallest absolute Gasteiger partial charge is 0.254 e. The zero-order chi connectivity index (χ0) is 21.7. The summed E-state index contributed by atoms with van der Waals surface area (Å²) in [6.45, 7) is 4.35. The van der Waals surface area contributed by atoms with Gasteiger partial charge in [0.2, 0.25) is 0 Å². The molecule has 1 aromatic carbocycles. The lowest BCUT2D eigenvalue weighted by Gasteiger charge is -2.18. The lowest BCUT2D eigenvalue weighted by atomic mass is 9.97. The van der Waals surface area contributed by atoms with Crippen LogP contribution in [0.2, 0.25) is 0 Å². The summed E-state index contributed by atoms with van der Waals surface area (Å²) in [5, 5.41) is 5.68.